The van der Waals surface area contributed by atoms with E-state index in [1.165, 1.54) is 11.3 Å². The molecule has 0 spiro atoms. The molecular formula is C13H15N3O2S. The smallest absolute Gasteiger partial charge is 0.270 e. The minimum Gasteiger partial charge on any atom is -0.333 e. The van der Waals surface area contributed by atoms with E-state index >= 15 is 0 Å². The number of amides is 1. The maximum absolute atomic E-state index is 11.7. The van der Waals surface area contributed by atoms with Gasteiger partial charge >= 0.3 is 0 Å². The highest BCUT2D eigenvalue weighted by molar-refractivity contribution is 7.14. The molecule has 1 fully saturated rings. The Morgan fingerprint density at radius 1 is 1.53 bits per heavy atom. The van der Waals surface area contributed by atoms with Crippen molar-refractivity contribution in [2.24, 2.45) is 5.92 Å². The fourth-order valence-corrected chi connectivity index (χ4v) is 2.45. The van der Waals surface area contributed by atoms with Crippen molar-refractivity contribution in [2.75, 3.05) is 5.32 Å². The largest absolute Gasteiger partial charge is 0.333 e. The highest BCUT2D eigenvalue weighted by Crippen LogP contribution is 2.40. The van der Waals surface area contributed by atoms with Crippen molar-refractivity contribution in [1.82, 2.24) is 10.1 Å². The number of carbonyl (C=O) groups is 1. The molecule has 0 unspecified atom stereocenters. The Hall–Kier alpha value is -1.69. The highest BCUT2D eigenvalue weighted by Gasteiger charge is 2.29. The van der Waals surface area contributed by atoms with Crippen LogP contribution >= 0.6 is 11.3 Å². The van der Waals surface area contributed by atoms with E-state index in [1.54, 1.807) is 0 Å². The lowest BCUT2D eigenvalue weighted by Crippen LogP contribution is -2.17. The number of carbonyl (C=O) groups excluding carboxylic acids is 1. The predicted molar refractivity (Wildman–Crippen MR) is 73.1 cm³/mol. The quantitative estimate of drug-likeness (QED) is 0.931. The number of rotatable bonds is 4. The van der Waals surface area contributed by atoms with Crippen molar-refractivity contribution in [1.29, 1.82) is 0 Å². The van der Waals surface area contributed by atoms with Crippen molar-refractivity contribution >= 4 is 22.9 Å². The second-order valence-corrected chi connectivity index (χ2v) is 5.96. The van der Waals surface area contributed by atoms with Gasteiger partial charge in [-0.25, -0.2) is 0 Å². The molecule has 3 rings (SSSR count). The summed E-state index contributed by atoms with van der Waals surface area (Å²) < 4.78 is 5.29. The van der Waals surface area contributed by atoms with E-state index in [0.29, 0.717) is 11.8 Å². The summed E-state index contributed by atoms with van der Waals surface area (Å²) in [5.74, 6) is 1.67. The summed E-state index contributed by atoms with van der Waals surface area (Å²) in [6.45, 7) is 3.72. The zero-order chi connectivity index (χ0) is 13.4. The first kappa shape index (κ1) is 12.3. The van der Waals surface area contributed by atoms with Crippen molar-refractivity contribution in [3.8, 4) is 10.8 Å². The third-order valence-corrected chi connectivity index (χ3v) is 3.93. The highest BCUT2D eigenvalue weighted by atomic mass is 32.1. The molecule has 5 nitrogen and oxygen atoms in total. The first-order valence-corrected chi connectivity index (χ1v) is 7.25. The number of nitrogens with zero attached hydrogens (tertiary/aromatic N) is 2. The summed E-state index contributed by atoms with van der Waals surface area (Å²) in [7, 11) is 0. The summed E-state index contributed by atoms with van der Waals surface area (Å²) in [5, 5.41) is 8.79. The molecule has 6 heteroatoms. The standard InChI is InChI=1S/C13H15N3O2S/c1-7(2)12(17)14-9-5-6-19-10(9)13-15-11(16-18-13)8-3-4-8/h5-8H,3-4H2,1-2H3,(H,14,17). The maximum atomic E-state index is 11.7. The van der Waals surface area contributed by atoms with Gasteiger partial charge in [-0.05, 0) is 24.3 Å². The van der Waals surface area contributed by atoms with Crippen molar-refractivity contribution in [3.63, 3.8) is 0 Å². The zero-order valence-corrected chi connectivity index (χ0v) is 11.7. The van der Waals surface area contributed by atoms with E-state index < -0.39 is 0 Å². The number of nitrogens with one attached hydrogen (secondary N) is 1. The second-order valence-electron chi connectivity index (χ2n) is 5.04. The molecule has 0 saturated heterocycles. The van der Waals surface area contributed by atoms with Gasteiger partial charge in [0.25, 0.3) is 5.89 Å². The predicted octanol–water partition coefficient (Wildman–Crippen LogP) is 3.27. The Balaban J connectivity index is 1.83. The third-order valence-electron chi connectivity index (χ3n) is 3.03. The molecule has 0 radical (unpaired) electrons. The number of anilines is 1. The van der Waals surface area contributed by atoms with Crippen LogP contribution in [0.15, 0.2) is 16.0 Å². The molecule has 100 valence electrons. The summed E-state index contributed by atoms with van der Waals surface area (Å²) in [6.07, 6.45) is 2.28. The van der Waals surface area contributed by atoms with Gasteiger partial charge < -0.3 is 9.84 Å². The van der Waals surface area contributed by atoms with E-state index in [4.69, 9.17) is 4.52 Å². The van der Waals surface area contributed by atoms with Gasteiger partial charge in [0.15, 0.2) is 5.82 Å². The van der Waals surface area contributed by atoms with Crippen LogP contribution in [0.3, 0.4) is 0 Å². The molecule has 0 atom stereocenters. The average Bonchev–Trinajstić information content (AvgIpc) is 2.94. The van der Waals surface area contributed by atoms with Crippen molar-refractivity contribution in [3.05, 3.63) is 17.3 Å². The molecule has 19 heavy (non-hydrogen) atoms. The third kappa shape index (κ3) is 2.53. The van der Waals surface area contributed by atoms with Crippen molar-refractivity contribution < 1.29 is 9.32 Å². The molecular weight excluding hydrogens is 262 g/mol. The molecule has 0 bridgehead atoms. The molecule has 1 aliphatic rings. The van der Waals surface area contributed by atoms with E-state index in [1.807, 2.05) is 25.3 Å². The van der Waals surface area contributed by atoms with Gasteiger partial charge in [-0.3, -0.25) is 4.79 Å². The Bertz CT molecular complexity index is 599. The van der Waals surface area contributed by atoms with Gasteiger partial charge in [0, 0.05) is 11.8 Å². The first-order valence-electron chi connectivity index (χ1n) is 6.37. The lowest BCUT2D eigenvalue weighted by Gasteiger charge is -2.06. The minimum absolute atomic E-state index is 0.0124. The Morgan fingerprint density at radius 3 is 3.00 bits per heavy atom. The Morgan fingerprint density at radius 2 is 2.32 bits per heavy atom. The van der Waals surface area contributed by atoms with Gasteiger partial charge in [0.05, 0.1) is 5.69 Å². The molecule has 2 aromatic rings. The maximum Gasteiger partial charge on any atom is 0.270 e. The fourth-order valence-electron chi connectivity index (χ4n) is 1.68. The van der Waals surface area contributed by atoms with Gasteiger partial charge in [0.1, 0.15) is 4.88 Å². The Labute approximate surface area is 115 Å². The lowest BCUT2D eigenvalue weighted by molar-refractivity contribution is -0.118. The molecule has 2 heterocycles. The summed E-state index contributed by atoms with van der Waals surface area (Å²) in [6, 6.07) is 1.86. The number of aromatic nitrogens is 2. The van der Waals surface area contributed by atoms with Crippen molar-refractivity contribution in [2.45, 2.75) is 32.6 Å². The SMILES string of the molecule is CC(C)C(=O)Nc1ccsc1-c1nc(C2CC2)no1. The van der Waals surface area contributed by atoms with Gasteiger partial charge in [-0.15, -0.1) is 11.3 Å². The van der Waals surface area contributed by atoms with Crippen LogP contribution in [0.1, 0.15) is 38.4 Å². The van der Waals surface area contributed by atoms with Crippen LogP contribution in [0, 0.1) is 5.92 Å². The lowest BCUT2D eigenvalue weighted by atomic mass is 10.2. The second kappa shape index (κ2) is 4.77. The van der Waals surface area contributed by atoms with E-state index in [2.05, 4.69) is 15.5 Å². The average molecular weight is 277 g/mol. The van der Waals surface area contributed by atoms with Crippen LogP contribution in [-0.2, 0) is 4.79 Å². The number of hydrogen-bond acceptors (Lipinski definition) is 5. The number of thiophene rings is 1. The van der Waals surface area contributed by atoms with Crippen LogP contribution in [0.4, 0.5) is 5.69 Å². The van der Waals surface area contributed by atoms with Crippen LogP contribution in [-0.4, -0.2) is 16.0 Å². The Kier molecular flexibility index (Phi) is 3.10. The van der Waals surface area contributed by atoms with Crippen LogP contribution in [0.5, 0.6) is 0 Å². The number of hydrogen-bond donors (Lipinski definition) is 1. The summed E-state index contributed by atoms with van der Waals surface area (Å²) in [5.41, 5.74) is 0.745. The van der Waals surface area contributed by atoms with Crippen LogP contribution in [0.25, 0.3) is 10.8 Å². The zero-order valence-electron chi connectivity index (χ0n) is 10.8. The van der Waals surface area contributed by atoms with E-state index in [0.717, 1.165) is 29.2 Å². The minimum atomic E-state index is -0.0579. The van der Waals surface area contributed by atoms with E-state index in [-0.39, 0.29) is 11.8 Å². The van der Waals surface area contributed by atoms with Gasteiger partial charge in [0.2, 0.25) is 5.91 Å². The molecule has 2 aromatic heterocycles. The van der Waals surface area contributed by atoms with E-state index in [9.17, 15) is 4.79 Å². The molecule has 1 N–H and O–H groups in total. The van der Waals surface area contributed by atoms with Crippen LogP contribution in [0.2, 0.25) is 0 Å². The van der Waals surface area contributed by atoms with Gasteiger partial charge in [-0.2, -0.15) is 4.98 Å². The molecule has 1 aliphatic carbocycles. The molecule has 1 amide bonds. The molecule has 0 aliphatic heterocycles. The summed E-state index contributed by atoms with van der Waals surface area (Å²) >= 11 is 1.49. The first-order chi connectivity index (χ1) is 9.15. The van der Waals surface area contributed by atoms with Crippen LogP contribution < -0.4 is 5.32 Å². The molecule has 1 saturated carbocycles. The fraction of sp³-hybridized carbons (Fsp3) is 0.462. The monoisotopic (exact) mass is 277 g/mol. The molecule has 0 aromatic carbocycles. The normalized spacial score (nSPS) is 14.9. The topological polar surface area (TPSA) is 68.0 Å². The summed E-state index contributed by atoms with van der Waals surface area (Å²) in [4.78, 5) is 17.0. The van der Waals surface area contributed by atoms with Gasteiger partial charge in [-0.1, -0.05) is 19.0 Å².